The maximum absolute atomic E-state index is 14.0. The maximum Gasteiger partial charge on any atom is 0.256 e. The van der Waals surface area contributed by atoms with Crippen LogP contribution in [0.5, 0.6) is 0 Å². The maximum atomic E-state index is 14.0. The SMILES string of the molecule is O=C(c1ccc(F)c(F)c1F)N1CCCC(c2cc3ccccc3[nH]2)C1. The molecule has 1 aliphatic rings. The minimum absolute atomic E-state index is 0.0912. The number of amides is 1. The summed E-state index contributed by atoms with van der Waals surface area (Å²) < 4.78 is 40.5. The van der Waals surface area contributed by atoms with Gasteiger partial charge in [-0.1, -0.05) is 18.2 Å². The number of benzene rings is 2. The van der Waals surface area contributed by atoms with Crippen molar-refractivity contribution in [3.05, 3.63) is 71.2 Å². The molecule has 1 atom stereocenters. The number of fused-ring (bicyclic) bond motifs is 1. The lowest BCUT2D eigenvalue weighted by Crippen LogP contribution is -2.39. The van der Waals surface area contributed by atoms with Gasteiger partial charge in [0.25, 0.3) is 5.91 Å². The molecule has 1 fully saturated rings. The molecule has 1 unspecified atom stereocenters. The normalized spacial score (nSPS) is 17.7. The molecule has 0 aliphatic carbocycles. The highest BCUT2D eigenvalue weighted by Crippen LogP contribution is 2.30. The van der Waals surface area contributed by atoms with E-state index in [0.29, 0.717) is 13.1 Å². The van der Waals surface area contributed by atoms with Crippen LogP contribution >= 0.6 is 0 Å². The average Bonchev–Trinajstić information content (AvgIpc) is 3.10. The van der Waals surface area contributed by atoms with E-state index in [1.54, 1.807) is 0 Å². The second-order valence-corrected chi connectivity index (χ2v) is 6.63. The third-order valence-corrected chi connectivity index (χ3v) is 4.96. The Balaban J connectivity index is 1.58. The minimum atomic E-state index is -1.61. The van der Waals surface area contributed by atoms with Crippen molar-refractivity contribution in [1.29, 1.82) is 0 Å². The zero-order valence-electron chi connectivity index (χ0n) is 13.9. The van der Waals surface area contributed by atoms with Crippen LogP contribution in [0.25, 0.3) is 10.9 Å². The molecule has 1 aromatic heterocycles. The van der Waals surface area contributed by atoms with Crippen molar-refractivity contribution in [2.24, 2.45) is 0 Å². The third-order valence-electron chi connectivity index (χ3n) is 4.96. The van der Waals surface area contributed by atoms with Gasteiger partial charge in [-0.3, -0.25) is 4.79 Å². The first-order valence-corrected chi connectivity index (χ1v) is 8.55. The summed E-state index contributed by atoms with van der Waals surface area (Å²) in [6.45, 7) is 0.873. The Hall–Kier alpha value is -2.76. The number of rotatable bonds is 2. The van der Waals surface area contributed by atoms with E-state index in [0.717, 1.165) is 41.6 Å². The van der Waals surface area contributed by atoms with Crippen LogP contribution < -0.4 is 0 Å². The monoisotopic (exact) mass is 358 g/mol. The topological polar surface area (TPSA) is 36.1 Å². The molecule has 1 N–H and O–H groups in total. The van der Waals surface area contributed by atoms with Crippen molar-refractivity contribution in [3.63, 3.8) is 0 Å². The van der Waals surface area contributed by atoms with Gasteiger partial charge in [-0.2, -0.15) is 0 Å². The number of likely N-dealkylation sites (tertiary alicyclic amines) is 1. The highest BCUT2D eigenvalue weighted by atomic mass is 19.2. The van der Waals surface area contributed by atoms with E-state index in [2.05, 4.69) is 11.1 Å². The molecule has 2 aromatic carbocycles. The summed E-state index contributed by atoms with van der Waals surface area (Å²) in [6.07, 6.45) is 1.66. The molecule has 0 spiro atoms. The Labute approximate surface area is 148 Å². The molecule has 4 rings (SSSR count). The van der Waals surface area contributed by atoms with E-state index in [1.165, 1.54) is 4.90 Å². The number of hydrogen-bond acceptors (Lipinski definition) is 1. The van der Waals surface area contributed by atoms with Crippen molar-refractivity contribution < 1.29 is 18.0 Å². The van der Waals surface area contributed by atoms with Gasteiger partial charge in [0.2, 0.25) is 0 Å². The number of nitrogens with one attached hydrogen (secondary N) is 1. The number of para-hydroxylation sites is 1. The molecule has 3 nitrogen and oxygen atoms in total. The molecule has 0 radical (unpaired) electrons. The number of nitrogens with zero attached hydrogens (tertiary/aromatic N) is 1. The molecule has 26 heavy (non-hydrogen) atoms. The molecule has 1 amide bonds. The van der Waals surface area contributed by atoms with Crippen molar-refractivity contribution in [2.45, 2.75) is 18.8 Å². The summed E-state index contributed by atoms with van der Waals surface area (Å²) in [4.78, 5) is 17.5. The van der Waals surface area contributed by atoms with Gasteiger partial charge < -0.3 is 9.88 Å². The van der Waals surface area contributed by atoms with Crippen LogP contribution in [0.4, 0.5) is 13.2 Å². The summed E-state index contributed by atoms with van der Waals surface area (Å²) >= 11 is 0. The minimum Gasteiger partial charge on any atom is -0.358 e. The quantitative estimate of drug-likeness (QED) is 0.668. The van der Waals surface area contributed by atoms with Gasteiger partial charge in [0.1, 0.15) is 0 Å². The fourth-order valence-corrected chi connectivity index (χ4v) is 3.59. The van der Waals surface area contributed by atoms with E-state index in [4.69, 9.17) is 0 Å². The number of piperidine rings is 1. The third kappa shape index (κ3) is 2.85. The molecule has 0 bridgehead atoms. The molecule has 1 saturated heterocycles. The number of carbonyl (C=O) groups is 1. The summed E-state index contributed by atoms with van der Waals surface area (Å²) in [5.41, 5.74) is 1.62. The Morgan fingerprint density at radius 3 is 2.69 bits per heavy atom. The molecule has 3 aromatic rings. The Morgan fingerprint density at radius 1 is 1.08 bits per heavy atom. The second kappa shape index (κ2) is 6.52. The zero-order valence-corrected chi connectivity index (χ0v) is 13.9. The van der Waals surface area contributed by atoms with Crippen LogP contribution in [-0.2, 0) is 0 Å². The van der Waals surface area contributed by atoms with E-state index in [1.807, 2.05) is 24.3 Å². The van der Waals surface area contributed by atoms with Gasteiger partial charge in [-0.15, -0.1) is 0 Å². The summed E-state index contributed by atoms with van der Waals surface area (Å²) in [6, 6.07) is 11.8. The van der Waals surface area contributed by atoms with Gasteiger partial charge in [0, 0.05) is 30.2 Å². The number of H-pyrrole nitrogens is 1. The van der Waals surface area contributed by atoms with Gasteiger partial charge in [0.15, 0.2) is 17.5 Å². The van der Waals surface area contributed by atoms with Crippen LogP contribution in [0.15, 0.2) is 42.5 Å². The van der Waals surface area contributed by atoms with Crippen molar-refractivity contribution in [2.75, 3.05) is 13.1 Å². The fraction of sp³-hybridized carbons (Fsp3) is 0.250. The van der Waals surface area contributed by atoms with Gasteiger partial charge >= 0.3 is 0 Å². The predicted octanol–water partition coefficient (Wildman–Crippen LogP) is 4.61. The van der Waals surface area contributed by atoms with E-state index in [9.17, 15) is 18.0 Å². The highest BCUT2D eigenvalue weighted by Gasteiger charge is 2.29. The molecule has 6 heteroatoms. The Morgan fingerprint density at radius 2 is 1.88 bits per heavy atom. The fourth-order valence-electron chi connectivity index (χ4n) is 3.59. The molecule has 2 heterocycles. The summed E-state index contributed by atoms with van der Waals surface area (Å²) in [5.74, 6) is -4.85. The first-order valence-electron chi connectivity index (χ1n) is 8.55. The smallest absolute Gasteiger partial charge is 0.256 e. The van der Waals surface area contributed by atoms with E-state index < -0.39 is 28.9 Å². The average molecular weight is 358 g/mol. The summed E-state index contributed by atoms with van der Waals surface area (Å²) in [7, 11) is 0. The lowest BCUT2D eigenvalue weighted by Gasteiger charge is -2.32. The van der Waals surface area contributed by atoms with Crippen molar-refractivity contribution in [3.8, 4) is 0 Å². The van der Waals surface area contributed by atoms with Crippen molar-refractivity contribution >= 4 is 16.8 Å². The number of carbonyl (C=O) groups excluding carboxylic acids is 1. The number of aromatic nitrogens is 1. The zero-order chi connectivity index (χ0) is 18.3. The van der Waals surface area contributed by atoms with E-state index >= 15 is 0 Å². The molecule has 0 saturated carbocycles. The number of halogens is 3. The van der Waals surface area contributed by atoms with Crippen LogP contribution in [0, 0.1) is 17.5 Å². The summed E-state index contributed by atoms with van der Waals surface area (Å²) in [5, 5.41) is 1.10. The first kappa shape index (κ1) is 16.7. The molecular weight excluding hydrogens is 341 g/mol. The standard InChI is InChI=1S/C20H17F3N2O/c21-15-8-7-14(18(22)19(15)23)20(26)25-9-3-5-13(11-25)17-10-12-4-1-2-6-16(12)24-17/h1-2,4,6-8,10,13,24H,3,5,9,11H2. The van der Waals surface area contributed by atoms with Gasteiger partial charge in [-0.05, 0) is 42.5 Å². The lowest BCUT2D eigenvalue weighted by molar-refractivity contribution is 0.0700. The predicted molar refractivity (Wildman–Crippen MR) is 92.5 cm³/mol. The van der Waals surface area contributed by atoms with Crippen LogP contribution in [0.2, 0.25) is 0 Å². The number of aromatic amines is 1. The largest absolute Gasteiger partial charge is 0.358 e. The van der Waals surface area contributed by atoms with Crippen LogP contribution in [0.1, 0.15) is 34.8 Å². The second-order valence-electron chi connectivity index (χ2n) is 6.63. The first-order chi connectivity index (χ1) is 12.5. The van der Waals surface area contributed by atoms with Crippen molar-refractivity contribution in [1.82, 2.24) is 9.88 Å². The van der Waals surface area contributed by atoms with Crippen LogP contribution in [-0.4, -0.2) is 28.9 Å². The lowest BCUT2D eigenvalue weighted by atomic mass is 9.94. The van der Waals surface area contributed by atoms with E-state index in [-0.39, 0.29) is 5.92 Å². The Kier molecular flexibility index (Phi) is 4.18. The highest BCUT2D eigenvalue weighted by molar-refractivity contribution is 5.94. The molecule has 1 aliphatic heterocycles. The molecule has 134 valence electrons. The van der Waals surface area contributed by atoms with Crippen LogP contribution in [0.3, 0.4) is 0 Å². The van der Waals surface area contributed by atoms with Gasteiger partial charge in [0.05, 0.1) is 5.56 Å². The van der Waals surface area contributed by atoms with Gasteiger partial charge in [-0.25, -0.2) is 13.2 Å². The number of hydrogen-bond donors (Lipinski definition) is 1. The Bertz CT molecular complexity index is 949. The molecular formula is C20H17F3N2O.